The summed E-state index contributed by atoms with van der Waals surface area (Å²) in [6.45, 7) is 5.71. The minimum absolute atomic E-state index is 0.0598. The first-order valence-electron chi connectivity index (χ1n) is 12.3. The van der Waals surface area contributed by atoms with E-state index in [2.05, 4.69) is 22.1 Å². The second kappa shape index (κ2) is 11.2. The molecule has 2 saturated heterocycles. The van der Waals surface area contributed by atoms with Crippen LogP contribution in [0.25, 0.3) is 0 Å². The molecule has 1 aromatic carbocycles. The summed E-state index contributed by atoms with van der Waals surface area (Å²) in [6.07, 6.45) is 8.12. The SMILES string of the molecule is CCCC1CCCN(C(=O)c2ccc(NC(=O)CC3SC(N4CCCC4)=NC3=O)cc2)CC1. The maximum absolute atomic E-state index is 12.9. The first-order valence-corrected chi connectivity index (χ1v) is 13.1. The fourth-order valence-electron chi connectivity index (χ4n) is 4.88. The Morgan fingerprint density at radius 3 is 2.55 bits per heavy atom. The number of hydrogen-bond acceptors (Lipinski definition) is 5. The number of likely N-dealkylation sites (tertiary alicyclic amines) is 2. The van der Waals surface area contributed by atoms with Gasteiger partial charge in [-0.05, 0) is 62.3 Å². The van der Waals surface area contributed by atoms with Crippen molar-refractivity contribution in [1.82, 2.24) is 9.80 Å². The molecule has 0 bridgehead atoms. The summed E-state index contributed by atoms with van der Waals surface area (Å²) < 4.78 is 0. The molecule has 178 valence electrons. The van der Waals surface area contributed by atoms with Gasteiger partial charge in [0.25, 0.3) is 11.8 Å². The fourth-order valence-corrected chi connectivity index (χ4v) is 5.99. The zero-order valence-corrected chi connectivity index (χ0v) is 20.2. The van der Waals surface area contributed by atoms with Crippen molar-refractivity contribution in [3.63, 3.8) is 0 Å². The monoisotopic (exact) mass is 470 g/mol. The van der Waals surface area contributed by atoms with Crippen molar-refractivity contribution >= 4 is 40.3 Å². The topological polar surface area (TPSA) is 82.1 Å². The maximum atomic E-state index is 12.9. The lowest BCUT2D eigenvalue weighted by Crippen LogP contribution is -2.32. The van der Waals surface area contributed by atoms with E-state index in [9.17, 15) is 14.4 Å². The van der Waals surface area contributed by atoms with E-state index >= 15 is 0 Å². The zero-order chi connectivity index (χ0) is 23.2. The Labute approximate surface area is 200 Å². The second-order valence-electron chi connectivity index (χ2n) is 9.24. The van der Waals surface area contributed by atoms with E-state index in [4.69, 9.17) is 0 Å². The van der Waals surface area contributed by atoms with Gasteiger partial charge in [0.05, 0.1) is 0 Å². The Bertz CT molecular complexity index is 895. The lowest BCUT2D eigenvalue weighted by atomic mass is 9.96. The molecular weight excluding hydrogens is 436 g/mol. The van der Waals surface area contributed by atoms with Gasteiger partial charge in [0, 0.05) is 43.9 Å². The normalized spacial score (nSPS) is 23.4. The quantitative estimate of drug-likeness (QED) is 0.675. The summed E-state index contributed by atoms with van der Waals surface area (Å²) in [7, 11) is 0. The predicted molar refractivity (Wildman–Crippen MR) is 132 cm³/mol. The molecule has 8 heteroatoms. The molecular formula is C25H34N4O3S. The molecule has 1 aromatic rings. The van der Waals surface area contributed by atoms with E-state index in [-0.39, 0.29) is 24.1 Å². The van der Waals surface area contributed by atoms with E-state index in [0.717, 1.165) is 62.9 Å². The van der Waals surface area contributed by atoms with Crippen molar-refractivity contribution in [2.45, 2.75) is 63.5 Å². The molecule has 1 N–H and O–H groups in total. The first kappa shape index (κ1) is 23.8. The van der Waals surface area contributed by atoms with E-state index in [1.54, 1.807) is 24.3 Å². The van der Waals surface area contributed by atoms with Gasteiger partial charge in [0.15, 0.2) is 5.17 Å². The number of amides is 3. The predicted octanol–water partition coefficient (Wildman–Crippen LogP) is 4.15. The minimum Gasteiger partial charge on any atom is -0.351 e. The van der Waals surface area contributed by atoms with E-state index in [1.807, 2.05) is 4.90 Å². The number of benzene rings is 1. The lowest BCUT2D eigenvalue weighted by molar-refractivity contribution is -0.121. The molecule has 3 amide bonds. The number of amidine groups is 1. The van der Waals surface area contributed by atoms with Crippen LogP contribution in [-0.4, -0.2) is 64.1 Å². The summed E-state index contributed by atoms with van der Waals surface area (Å²) in [5.74, 6) is 0.348. The molecule has 2 fully saturated rings. The van der Waals surface area contributed by atoms with E-state index < -0.39 is 5.25 Å². The average Bonchev–Trinajstić information content (AvgIpc) is 3.40. The summed E-state index contributed by atoms with van der Waals surface area (Å²) in [5.41, 5.74) is 1.28. The van der Waals surface area contributed by atoms with Crippen molar-refractivity contribution in [1.29, 1.82) is 0 Å². The standard InChI is InChI=1S/C25H34N4O3S/c1-2-6-18-7-5-15-28(16-12-18)24(32)19-8-10-20(11-9-19)26-22(30)17-21-23(31)27-25(33-21)29-13-3-4-14-29/h8-11,18,21H,2-7,12-17H2,1H3,(H,26,30). The maximum Gasteiger partial charge on any atom is 0.262 e. The van der Waals surface area contributed by atoms with E-state index in [1.165, 1.54) is 31.0 Å². The van der Waals surface area contributed by atoms with Crippen LogP contribution in [0.2, 0.25) is 0 Å². The van der Waals surface area contributed by atoms with Crippen LogP contribution >= 0.6 is 11.8 Å². The van der Waals surface area contributed by atoms with Crippen molar-refractivity contribution < 1.29 is 14.4 Å². The molecule has 2 atom stereocenters. The van der Waals surface area contributed by atoms with Crippen LogP contribution in [-0.2, 0) is 9.59 Å². The molecule has 0 aromatic heterocycles. The van der Waals surface area contributed by atoms with Crippen LogP contribution in [0.3, 0.4) is 0 Å². The van der Waals surface area contributed by atoms with Gasteiger partial charge in [0.1, 0.15) is 5.25 Å². The summed E-state index contributed by atoms with van der Waals surface area (Å²) in [5, 5.41) is 3.16. The van der Waals surface area contributed by atoms with Crippen molar-refractivity contribution in [2.75, 3.05) is 31.5 Å². The number of rotatable bonds is 6. The molecule has 0 spiro atoms. The number of aliphatic imine (C=N–C) groups is 1. The largest absolute Gasteiger partial charge is 0.351 e. The van der Waals surface area contributed by atoms with Gasteiger partial charge in [-0.1, -0.05) is 31.5 Å². The Hall–Kier alpha value is -2.35. The van der Waals surface area contributed by atoms with Gasteiger partial charge in [-0.15, -0.1) is 0 Å². The van der Waals surface area contributed by atoms with Crippen LogP contribution in [0.1, 0.15) is 68.6 Å². The van der Waals surface area contributed by atoms with Gasteiger partial charge < -0.3 is 15.1 Å². The van der Waals surface area contributed by atoms with Gasteiger partial charge in [-0.25, -0.2) is 0 Å². The molecule has 0 saturated carbocycles. The number of nitrogens with zero attached hydrogens (tertiary/aromatic N) is 3. The van der Waals surface area contributed by atoms with Gasteiger partial charge in [0.2, 0.25) is 5.91 Å². The molecule has 0 radical (unpaired) electrons. The highest BCUT2D eigenvalue weighted by molar-refractivity contribution is 8.15. The van der Waals surface area contributed by atoms with Gasteiger partial charge >= 0.3 is 0 Å². The molecule has 7 nitrogen and oxygen atoms in total. The second-order valence-corrected chi connectivity index (χ2v) is 10.4. The first-order chi connectivity index (χ1) is 16.0. The number of anilines is 1. The van der Waals surface area contributed by atoms with Crippen LogP contribution in [0.5, 0.6) is 0 Å². The Morgan fingerprint density at radius 2 is 1.82 bits per heavy atom. The molecule has 0 aliphatic carbocycles. The van der Waals surface area contributed by atoms with Crippen molar-refractivity contribution in [2.24, 2.45) is 10.9 Å². The number of thioether (sulfide) groups is 1. The van der Waals surface area contributed by atoms with Crippen molar-refractivity contribution in [3.05, 3.63) is 29.8 Å². The Balaban J connectivity index is 1.26. The number of nitrogens with one attached hydrogen (secondary N) is 1. The fraction of sp³-hybridized carbons (Fsp3) is 0.600. The van der Waals surface area contributed by atoms with E-state index in [0.29, 0.717) is 11.3 Å². The highest BCUT2D eigenvalue weighted by Gasteiger charge is 2.33. The molecule has 3 aliphatic heterocycles. The third-order valence-electron chi connectivity index (χ3n) is 6.72. The average molecular weight is 471 g/mol. The minimum atomic E-state index is -0.457. The highest BCUT2D eigenvalue weighted by atomic mass is 32.2. The molecule has 3 heterocycles. The number of carbonyl (C=O) groups is 3. The molecule has 2 unspecified atom stereocenters. The van der Waals surface area contributed by atoms with Crippen LogP contribution in [0.15, 0.2) is 29.3 Å². The Kier molecular flexibility index (Phi) is 8.06. The third-order valence-corrected chi connectivity index (χ3v) is 7.94. The number of hydrogen-bond donors (Lipinski definition) is 1. The molecule has 4 rings (SSSR count). The van der Waals surface area contributed by atoms with Crippen molar-refractivity contribution in [3.8, 4) is 0 Å². The third kappa shape index (κ3) is 6.16. The summed E-state index contributed by atoms with van der Waals surface area (Å²) in [4.78, 5) is 45.9. The molecule has 33 heavy (non-hydrogen) atoms. The van der Waals surface area contributed by atoms with Gasteiger partial charge in [-0.2, -0.15) is 4.99 Å². The van der Waals surface area contributed by atoms with Crippen LogP contribution in [0, 0.1) is 5.92 Å². The smallest absolute Gasteiger partial charge is 0.262 e. The summed E-state index contributed by atoms with van der Waals surface area (Å²) in [6, 6.07) is 7.07. The summed E-state index contributed by atoms with van der Waals surface area (Å²) >= 11 is 1.40. The highest BCUT2D eigenvalue weighted by Crippen LogP contribution is 2.29. The number of carbonyl (C=O) groups excluding carboxylic acids is 3. The van der Waals surface area contributed by atoms with Crippen LogP contribution in [0.4, 0.5) is 5.69 Å². The zero-order valence-electron chi connectivity index (χ0n) is 19.4. The Morgan fingerprint density at radius 1 is 1.06 bits per heavy atom. The van der Waals surface area contributed by atoms with Crippen LogP contribution < -0.4 is 5.32 Å². The van der Waals surface area contributed by atoms with Gasteiger partial charge in [-0.3, -0.25) is 14.4 Å². The lowest BCUT2D eigenvalue weighted by Gasteiger charge is -2.21. The molecule has 3 aliphatic rings.